The maximum atomic E-state index is 12.2. The highest BCUT2D eigenvalue weighted by molar-refractivity contribution is 5.05. The van der Waals surface area contributed by atoms with Gasteiger partial charge in [0.2, 0.25) is 6.43 Å². The van der Waals surface area contributed by atoms with E-state index in [0.29, 0.717) is 11.5 Å². The Labute approximate surface area is 78.1 Å². The molecule has 0 atom stereocenters. The third-order valence-corrected chi connectivity index (χ3v) is 3.55. The number of nitrogens with zero attached hydrogens (tertiary/aromatic N) is 1. The molecular formula is C10H17F2N. The fraction of sp³-hybridized carbons (Fsp3) is 1.00. The Morgan fingerprint density at radius 3 is 2.15 bits per heavy atom. The van der Waals surface area contributed by atoms with Crippen molar-refractivity contribution in [3.05, 3.63) is 0 Å². The molecule has 0 N–H and O–H groups in total. The molecule has 2 fully saturated rings. The Morgan fingerprint density at radius 1 is 1.23 bits per heavy atom. The van der Waals surface area contributed by atoms with E-state index in [1.807, 2.05) is 0 Å². The van der Waals surface area contributed by atoms with Crippen LogP contribution in [0, 0.1) is 11.3 Å². The van der Waals surface area contributed by atoms with Gasteiger partial charge in [0.05, 0.1) is 0 Å². The van der Waals surface area contributed by atoms with Crippen molar-refractivity contribution in [2.75, 3.05) is 13.1 Å². The molecule has 1 saturated heterocycles. The highest BCUT2D eigenvalue weighted by atomic mass is 19.3. The Kier molecular flexibility index (Phi) is 2.10. The molecule has 1 nitrogen and oxygen atoms in total. The summed E-state index contributed by atoms with van der Waals surface area (Å²) in [5.74, 6) is -0.297. The van der Waals surface area contributed by atoms with Crippen molar-refractivity contribution in [2.24, 2.45) is 11.3 Å². The minimum absolute atomic E-state index is 0.297. The number of hydrogen-bond acceptors (Lipinski definition) is 1. The van der Waals surface area contributed by atoms with E-state index in [2.05, 4.69) is 18.7 Å². The van der Waals surface area contributed by atoms with Gasteiger partial charge < -0.3 is 0 Å². The molecule has 1 aliphatic carbocycles. The first-order valence-corrected chi connectivity index (χ1v) is 5.05. The van der Waals surface area contributed by atoms with Crippen molar-refractivity contribution in [1.29, 1.82) is 0 Å². The van der Waals surface area contributed by atoms with Gasteiger partial charge in [0, 0.05) is 25.0 Å². The summed E-state index contributed by atoms with van der Waals surface area (Å²) in [5.41, 5.74) is 0.297. The van der Waals surface area contributed by atoms with Crippen LogP contribution in [0.2, 0.25) is 0 Å². The molecule has 76 valence electrons. The normalized spacial score (nSPS) is 28.2. The van der Waals surface area contributed by atoms with Gasteiger partial charge >= 0.3 is 0 Å². The lowest BCUT2D eigenvalue weighted by Crippen LogP contribution is -2.64. The van der Waals surface area contributed by atoms with Gasteiger partial charge in [0.1, 0.15) is 0 Å². The second-order valence-corrected chi connectivity index (χ2v) is 5.00. The van der Waals surface area contributed by atoms with Gasteiger partial charge in [-0.1, -0.05) is 0 Å². The molecule has 0 bridgehead atoms. The number of likely N-dealkylation sites (tertiary alicyclic amines) is 1. The molecule has 13 heavy (non-hydrogen) atoms. The third-order valence-electron chi connectivity index (χ3n) is 3.55. The summed E-state index contributed by atoms with van der Waals surface area (Å²) in [7, 11) is 0. The first-order chi connectivity index (χ1) is 6.02. The van der Waals surface area contributed by atoms with Gasteiger partial charge in [-0.3, -0.25) is 4.90 Å². The quantitative estimate of drug-likeness (QED) is 0.644. The van der Waals surface area contributed by atoms with E-state index in [0.717, 1.165) is 25.9 Å². The van der Waals surface area contributed by atoms with Crippen molar-refractivity contribution < 1.29 is 8.78 Å². The fourth-order valence-electron chi connectivity index (χ4n) is 2.67. The molecule has 0 unspecified atom stereocenters. The van der Waals surface area contributed by atoms with E-state index in [9.17, 15) is 8.78 Å². The molecule has 1 aliphatic heterocycles. The van der Waals surface area contributed by atoms with Gasteiger partial charge in [-0.05, 0) is 32.1 Å². The van der Waals surface area contributed by atoms with E-state index >= 15 is 0 Å². The van der Waals surface area contributed by atoms with Gasteiger partial charge in [-0.15, -0.1) is 0 Å². The minimum atomic E-state index is -2.08. The second kappa shape index (κ2) is 2.91. The molecule has 0 aromatic heterocycles. The molecule has 0 aromatic carbocycles. The maximum Gasteiger partial charge on any atom is 0.241 e. The lowest BCUT2D eigenvalue weighted by molar-refractivity contribution is -0.142. The Morgan fingerprint density at radius 2 is 1.77 bits per heavy atom. The molecule has 1 spiro atoms. The smallest absolute Gasteiger partial charge is 0.241 e. The first kappa shape index (κ1) is 9.38. The Balaban J connectivity index is 1.76. The lowest BCUT2D eigenvalue weighted by atomic mass is 9.57. The Bertz CT molecular complexity index is 166. The van der Waals surface area contributed by atoms with Crippen LogP contribution < -0.4 is 0 Å². The highest BCUT2D eigenvalue weighted by Gasteiger charge is 2.54. The average molecular weight is 189 g/mol. The average Bonchev–Trinajstić information content (AvgIpc) is 1.78. The predicted octanol–water partition coefficient (Wildman–Crippen LogP) is 2.37. The van der Waals surface area contributed by atoms with Crippen LogP contribution in [0.4, 0.5) is 8.78 Å². The van der Waals surface area contributed by atoms with E-state index in [4.69, 9.17) is 0 Å². The fourth-order valence-corrected chi connectivity index (χ4v) is 2.67. The summed E-state index contributed by atoms with van der Waals surface area (Å²) in [6.45, 7) is 6.42. The van der Waals surface area contributed by atoms with Crippen LogP contribution in [-0.2, 0) is 0 Å². The number of rotatable bonds is 2. The second-order valence-electron chi connectivity index (χ2n) is 5.00. The molecule has 0 amide bonds. The number of hydrogen-bond donors (Lipinski definition) is 0. The summed E-state index contributed by atoms with van der Waals surface area (Å²) in [6, 6.07) is 0.580. The van der Waals surface area contributed by atoms with E-state index in [1.54, 1.807) is 0 Å². The van der Waals surface area contributed by atoms with Crippen molar-refractivity contribution in [1.82, 2.24) is 4.90 Å². The number of alkyl halides is 2. The topological polar surface area (TPSA) is 3.24 Å². The van der Waals surface area contributed by atoms with Crippen molar-refractivity contribution in [2.45, 2.75) is 39.2 Å². The van der Waals surface area contributed by atoms with E-state index in [1.165, 1.54) is 0 Å². The highest BCUT2D eigenvalue weighted by Crippen LogP contribution is 2.54. The Hall–Kier alpha value is -0.180. The molecule has 1 saturated carbocycles. The summed E-state index contributed by atoms with van der Waals surface area (Å²) in [5, 5.41) is 0. The maximum absolute atomic E-state index is 12.2. The summed E-state index contributed by atoms with van der Waals surface area (Å²) < 4.78 is 24.5. The van der Waals surface area contributed by atoms with Gasteiger partial charge in [0.15, 0.2) is 0 Å². The molecule has 1 heterocycles. The van der Waals surface area contributed by atoms with Crippen LogP contribution in [0.25, 0.3) is 0 Å². The van der Waals surface area contributed by atoms with Crippen molar-refractivity contribution >= 4 is 0 Å². The SMILES string of the molecule is CC(C)N1CC2(CC(C(F)F)C2)C1. The van der Waals surface area contributed by atoms with Crippen LogP contribution >= 0.6 is 0 Å². The third kappa shape index (κ3) is 1.47. The van der Waals surface area contributed by atoms with Gasteiger partial charge in [-0.25, -0.2) is 8.78 Å². The van der Waals surface area contributed by atoms with Gasteiger partial charge in [0.25, 0.3) is 0 Å². The first-order valence-electron chi connectivity index (χ1n) is 5.05. The van der Waals surface area contributed by atoms with Gasteiger partial charge in [-0.2, -0.15) is 0 Å². The molecule has 2 rings (SSSR count). The summed E-state index contributed by atoms with van der Waals surface area (Å²) in [6.07, 6.45) is -0.569. The molecular weight excluding hydrogens is 172 g/mol. The van der Waals surface area contributed by atoms with Crippen molar-refractivity contribution in [3.8, 4) is 0 Å². The van der Waals surface area contributed by atoms with Crippen LogP contribution in [0.5, 0.6) is 0 Å². The van der Waals surface area contributed by atoms with E-state index < -0.39 is 6.43 Å². The van der Waals surface area contributed by atoms with Crippen LogP contribution in [0.1, 0.15) is 26.7 Å². The number of halogens is 2. The zero-order valence-electron chi connectivity index (χ0n) is 8.26. The minimum Gasteiger partial charge on any atom is -0.300 e. The molecule has 0 radical (unpaired) electrons. The van der Waals surface area contributed by atoms with Crippen LogP contribution in [0.3, 0.4) is 0 Å². The molecule has 2 aliphatic rings. The molecule has 0 aromatic rings. The lowest BCUT2D eigenvalue weighted by Gasteiger charge is -2.60. The van der Waals surface area contributed by atoms with Crippen LogP contribution in [-0.4, -0.2) is 30.5 Å². The van der Waals surface area contributed by atoms with Crippen LogP contribution in [0.15, 0.2) is 0 Å². The largest absolute Gasteiger partial charge is 0.300 e. The zero-order chi connectivity index (χ0) is 9.64. The van der Waals surface area contributed by atoms with E-state index in [-0.39, 0.29) is 5.92 Å². The molecule has 3 heteroatoms. The standard InChI is InChI=1S/C10H17F2N/c1-7(2)13-5-10(6-13)3-8(4-10)9(11)12/h7-9H,3-6H2,1-2H3. The summed E-state index contributed by atoms with van der Waals surface area (Å²) >= 11 is 0. The zero-order valence-corrected chi connectivity index (χ0v) is 8.26. The van der Waals surface area contributed by atoms with Crippen molar-refractivity contribution in [3.63, 3.8) is 0 Å². The summed E-state index contributed by atoms with van der Waals surface area (Å²) in [4.78, 5) is 2.36. The monoisotopic (exact) mass is 189 g/mol. The predicted molar refractivity (Wildman–Crippen MR) is 47.9 cm³/mol.